The van der Waals surface area contributed by atoms with Gasteiger partial charge in [-0.15, -0.1) is 0 Å². The van der Waals surface area contributed by atoms with Gasteiger partial charge >= 0.3 is 0 Å². The Morgan fingerprint density at radius 3 is 2.05 bits per heavy atom. The summed E-state index contributed by atoms with van der Waals surface area (Å²) < 4.78 is 0. The van der Waals surface area contributed by atoms with Crippen LogP contribution in [0.2, 0.25) is 0 Å². The Labute approximate surface area is 130 Å². The van der Waals surface area contributed by atoms with Crippen LogP contribution < -0.4 is 5.32 Å². The van der Waals surface area contributed by atoms with Gasteiger partial charge in [-0.3, -0.25) is 9.59 Å². The second-order valence-electron chi connectivity index (χ2n) is 5.61. The molecule has 0 bridgehead atoms. The third-order valence-electron chi connectivity index (χ3n) is 3.88. The number of unbranched alkanes of at least 4 members (excludes halogenated alkanes) is 2. The van der Waals surface area contributed by atoms with E-state index in [4.69, 9.17) is 0 Å². The fourth-order valence-electron chi connectivity index (χ4n) is 2.45. The van der Waals surface area contributed by atoms with Crippen LogP contribution in [0.5, 0.6) is 0 Å². The minimum atomic E-state index is 0.0994. The van der Waals surface area contributed by atoms with Crippen LogP contribution in [0.1, 0.15) is 79.1 Å². The highest BCUT2D eigenvalue weighted by molar-refractivity contribution is 5.77. The van der Waals surface area contributed by atoms with Gasteiger partial charge in [0.25, 0.3) is 0 Å². The lowest BCUT2D eigenvalue weighted by atomic mass is 10.1. The predicted molar refractivity (Wildman–Crippen MR) is 88.1 cm³/mol. The molecule has 0 unspecified atom stereocenters. The summed E-state index contributed by atoms with van der Waals surface area (Å²) >= 11 is 0. The quantitative estimate of drug-likeness (QED) is 0.599. The van der Waals surface area contributed by atoms with Crippen molar-refractivity contribution in [3.05, 3.63) is 0 Å². The molecule has 21 heavy (non-hydrogen) atoms. The summed E-state index contributed by atoms with van der Waals surface area (Å²) in [6, 6.07) is 0.293. The number of rotatable bonds is 12. The molecule has 0 rings (SSSR count). The van der Waals surface area contributed by atoms with Crippen LogP contribution >= 0.6 is 0 Å². The van der Waals surface area contributed by atoms with Crippen molar-refractivity contribution in [2.75, 3.05) is 13.1 Å². The molecule has 0 aromatic heterocycles. The lowest BCUT2D eigenvalue weighted by Crippen LogP contribution is -2.44. The summed E-state index contributed by atoms with van der Waals surface area (Å²) in [4.78, 5) is 25.9. The lowest BCUT2D eigenvalue weighted by Gasteiger charge is -2.31. The fourth-order valence-corrected chi connectivity index (χ4v) is 2.45. The van der Waals surface area contributed by atoms with Crippen LogP contribution in [-0.2, 0) is 9.59 Å². The molecule has 0 saturated carbocycles. The van der Waals surface area contributed by atoms with Crippen LogP contribution in [0.3, 0.4) is 0 Å². The van der Waals surface area contributed by atoms with Crippen molar-refractivity contribution in [2.24, 2.45) is 0 Å². The van der Waals surface area contributed by atoms with E-state index in [0.717, 1.165) is 38.5 Å². The molecule has 124 valence electrons. The van der Waals surface area contributed by atoms with Crippen LogP contribution in [0.4, 0.5) is 0 Å². The monoisotopic (exact) mass is 298 g/mol. The first-order chi connectivity index (χ1) is 10.1. The Morgan fingerprint density at radius 2 is 1.52 bits per heavy atom. The number of amides is 2. The first-order valence-corrected chi connectivity index (χ1v) is 8.66. The van der Waals surface area contributed by atoms with E-state index in [9.17, 15) is 9.59 Å². The Hall–Kier alpha value is -1.06. The second-order valence-corrected chi connectivity index (χ2v) is 5.61. The van der Waals surface area contributed by atoms with E-state index in [1.807, 2.05) is 4.90 Å². The average Bonchev–Trinajstić information content (AvgIpc) is 2.49. The standard InChI is InChI=1S/C17H34N2O2/c1-5-9-11-16(20)18-13-14-19(15(7-3)8-4)17(21)12-10-6-2/h15H,5-14H2,1-4H3,(H,18,20). The van der Waals surface area contributed by atoms with E-state index >= 15 is 0 Å². The molecule has 0 spiro atoms. The topological polar surface area (TPSA) is 49.4 Å². The van der Waals surface area contributed by atoms with Crippen molar-refractivity contribution in [1.82, 2.24) is 10.2 Å². The van der Waals surface area contributed by atoms with Crippen molar-refractivity contribution in [2.45, 2.75) is 85.1 Å². The summed E-state index contributed by atoms with van der Waals surface area (Å²) in [6.07, 6.45) is 7.09. The molecule has 0 aliphatic rings. The van der Waals surface area contributed by atoms with E-state index in [2.05, 4.69) is 33.0 Å². The van der Waals surface area contributed by atoms with E-state index < -0.39 is 0 Å². The summed E-state index contributed by atoms with van der Waals surface area (Å²) in [5.74, 6) is 0.329. The van der Waals surface area contributed by atoms with Gasteiger partial charge in [0.1, 0.15) is 0 Å². The molecule has 0 aromatic rings. The zero-order valence-corrected chi connectivity index (χ0v) is 14.4. The summed E-state index contributed by atoms with van der Waals surface area (Å²) in [7, 11) is 0. The lowest BCUT2D eigenvalue weighted by molar-refractivity contribution is -0.134. The van der Waals surface area contributed by atoms with E-state index in [0.29, 0.717) is 32.0 Å². The normalized spacial score (nSPS) is 10.7. The molecule has 0 radical (unpaired) electrons. The molecule has 0 saturated heterocycles. The first kappa shape index (κ1) is 19.9. The van der Waals surface area contributed by atoms with Gasteiger partial charge in [-0.25, -0.2) is 0 Å². The highest BCUT2D eigenvalue weighted by Crippen LogP contribution is 2.11. The van der Waals surface area contributed by atoms with Crippen LogP contribution in [-0.4, -0.2) is 35.8 Å². The van der Waals surface area contributed by atoms with Crippen LogP contribution in [0, 0.1) is 0 Å². The molecule has 1 N–H and O–H groups in total. The molecule has 0 heterocycles. The summed E-state index contributed by atoms with van der Waals surface area (Å²) in [6.45, 7) is 9.61. The van der Waals surface area contributed by atoms with Crippen molar-refractivity contribution in [3.8, 4) is 0 Å². The number of nitrogens with one attached hydrogen (secondary N) is 1. The van der Waals surface area contributed by atoms with Gasteiger partial charge < -0.3 is 10.2 Å². The van der Waals surface area contributed by atoms with Gasteiger partial charge in [-0.05, 0) is 25.7 Å². The molecule has 2 amide bonds. The van der Waals surface area contributed by atoms with Crippen molar-refractivity contribution in [3.63, 3.8) is 0 Å². The van der Waals surface area contributed by atoms with E-state index in [1.165, 1.54) is 0 Å². The minimum absolute atomic E-state index is 0.0994. The number of carbonyl (C=O) groups excluding carboxylic acids is 2. The number of hydrogen-bond acceptors (Lipinski definition) is 2. The minimum Gasteiger partial charge on any atom is -0.354 e. The van der Waals surface area contributed by atoms with Crippen molar-refractivity contribution >= 4 is 11.8 Å². The van der Waals surface area contributed by atoms with Gasteiger partial charge in [-0.2, -0.15) is 0 Å². The maximum absolute atomic E-state index is 12.3. The van der Waals surface area contributed by atoms with Gasteiger partial charge in [0.15, 0.2) is 0 Å². The van der Waals surface area contributed by atoms with E-state index in [1.54, 1.807) is 0 Å². The zero-order chi connectivity index (χ0) is 16.1. The smallest absolute Gasteiger partial charge is 0.222 e. The third kappa shape index (κ3) is 8.74. The SMILES string of the molecule is CCCCC(=O)NCCN(C(=O)CCCC)C(CC)CC. The molecule has 4 nitrogen and oxygen atoms in total. The van der Waals surface area contributed by atoms with Crippen LogP contribution in [0.25, 0.3) is 0 Å². The maximum atomic E-state index is 12.3. The molecular weight excluding hydrogens is 264 g/mol. The average molecular weight is 298 g/mol. The fraction of sp³-hybridized carbons (Fsp3) is 0.882. The molecule has 0 aromatic carbocycles. The number of nitrogens with zero attached hydrogens (tertiary/aromatic N) is 1. The second kappa shape index (κ2) is 12.7. The van der Waals surface area contributed by atoms with Gasteiger partial charge in [0.05, 0.1) is 0 Å². The van der Waals surface area contributed by atoms with Crippen LogP contribution in [0.15, 0.2) is 0 Å². The third-order valence-corrected chi connectivity index (χ3v) is 3.88. The zero-order valence-electron chi connectivity index (χ0n) is 14.4. The van der Waals surface area contributed by atoms with Gasteiger partial charge in [0, 0.05) is 32.0 Å². The van der Waals surface area contributed by atoms with Gasteiger partial charge in [0.2, 0.25) is 11.8 Å². The summed E-state index contributed by atoms with van der Waals surface area (Å²) in [5.41, 5.74) is 0. The van der Waals surface area contributed by atoms with Gasteiger partial charge in [-0.1, -0.05) is 40.5 Å². The largest absolute Gasteiger partial charge is 0.354 e. The van der Waals surface area contributed by atoms with E-state index in [-0.39, 0.29) is 11.8 Å². The molecule has 0 fully saturated rings. The highest BCUT2D eigenvalue weighted by Gasteiger charge is 2.20. The summed E-state index contributed by atoms with van der Waals surface area (Å²) in [5, 5.41) is 2.93. The Morgan fingerprint density at radius 1 is 0.952 bits per heavy atom. The maximum Gasteiger partial charge on any atom is 0.222 e. The van der Waals surface area contributed by atoms with Crippen molar-refractivity contribution < 1.29 is 9.59 Å². The number of carbonyl (C=O) groups is 2. The van der Waals surface area contributed by atoms with Crippen molar-refractivity contribution in [1.29, 1.82) is 0 Å². The Bertz CT molecular complexity index is 289. The first-order valence-electron chi connectivity index (χ1n) is 8.66. The molecule has 0 aliphatic carbocycles. The highest BCUT2D eigenvalue weighted by atomic mass is 16.2. The number of hydrogen-bond donors (Lipinski definition) is 1. The molecule has 0 atom stereocenters. The Balaban J connectivity index is 4.33. The predicted octanol–water partition coefficient (Wildman–Crippen LogP) is 3.50. The Kier molecular flexibility index (Phi) is 12.0. The molecule has 0 aliphatic heterocycles. The molecular formula is C17H34N2O2. The molecule has 4 heteroatoms.